The molecular formula is C52H52Cl2O2Zr. The predicted molar refractivity (Wildman–Crippen MR) is 229 cm³/mol. The van der Waals surface area contributed by atoms with E-state index >= 15 is 0 Å². The van der Waals surface area contributed by atoms with E-state index in [9.17, 15) is 0 Å². The molecule has 2 atom stereocenters. The average Bonchev–Trinajstić information content (AvgIpc) is 3.88. The van der Waals surface area contributed by atoms with Crippen molar-refractivity contribution in [3.8, 4) is 22.3 Å². The number of furan rings is 2. The van der Waals surface area contributed by atoms with Gasteiger partial charge in [0, 0.05) is 0 Å². The van der Waals surface area contributed by atoms with Gasteiger partial charge in [-0.3, -0.25) is 0 Å². The third-order valence-corrected chi connectivity index (χ3v) is 22.1. The summed E-state index contributed by atoms with van der Waals surface area (Å²) in [6.45, 7) is 22.4. The molecule has 0 aliphatic heterocycles. The van der Waals surface area contributed by atoms with Crippen LogP contribution in [-0.2, 0) is 21.3 Å². The van der Waals surface area contributed by atoms with E-state index in [-0.39, 0.29) is 24.8 Å². The molecule has 0 saturated heterocycles. The van der Waals surface area contributed by atoms with Gasteiger partial charge in [-0.05, 0) is 0 Å². The van der Waals surface area contributed by atoms with Crippen LogP contribution in [-0.4, -0.2) is 3.21 Å². The molecule has 2 nitrogen and oxygen atoms in total. The van der Waals surface area contributed by atoms with Crippen LogP contribution in [0.2, 0.25) is 0 Å². The van der Waals surface area contributed by atoms with Crippen LogP contribution in [0.3, 0.4) is 0 Å². The zero-order valence-electron chi connectivity index (χ0n) is 34.9. The molecule has 2 unspecified atom stereocenters. The molecule has 2 heterocycles. The first-order valence-corrected chi connectivity index (χ1v) is 24.2. The molecule has 57 heavy (non-hydrogen) atoms. The molecule has 6 aromatic rings. The van der Waals surface area contributed by atoms with E-state index in [1.807, 2.05) is 3.21 Å². The molecule has 0 amide bonds. The molecule has 0 N–H and O–H groups in total. The van der Waals surface area contributed by atoms with Gasteiger partial charge in [0.25, 0.3) is 0 Å². The minimum atomic E-state index is -2.83. The van der Waals surface area contributed by atoms with Crippen LogP contribution >= 0.6 is 0 Å². The van der Waals surface area contributed by atoms with Crippen molar-refractivity contribution in [1.82, 2.24) is 0 Å². The number of halogens is 2. The SMILES string of the molecule is Cc1cc(C)cc(-c2c(C)c(C)cc3c2C=C(c2ccc(C)o2)[CH]3[Zr+2](=[C]2CCC2)[CH]2C(c3ccc(C)o3)=Cc3c2cc(C)c(C)c3-c2cc(C)cc(C)c2)c1.[Cl-].[Cl-]. The molecule has 4 aromatic carbocycles. The fourth-order valence-corrected chi connectivity index (χ4v) is 20.7. The monoisotopic (exact) mass is 868 g/mol. The van der Waals surface area contributed by atoms with Crippen LogP contribution in [0.4, 0.5) is 0 Å². The van der Waals surface area contributed by atoms with Crippen LogP contribution < -0.4 is 24.8 Å². The first kappa shape index (κ1) is 41.4. The number of fused-ring (bicyclic) bond motifs is 2. The Bertz CT molecular complexity index is 2470. The maximum Gasteiger partial charge on any atom is -1.00 e. The minimum Gasteiger partial charge on any atom is -1.00 e. The molecule has 0 spiro atoms. The molecule has 2 aromatic heterocycles. The van der Waals surface area contributed by atoms with E-state index in [0.717, 1.165) is 23.0 Å². The minimum absolute atomic E-state index is 0. The zero-order chi connectivity index (χ0) is 38.4. The van der Waals surface area contributed by atoms with Gasteiger partial charge in [0.2, 0.25) is 0 Å². The number of hydrogen-bond acceptors (Lipinski definition) is 2. The summed E-state index contributed by atoms with van der Waals surface area (Å²) >= 11 is -2.83. The quantitative estimate of drug-likeness (QED) is 0.169. The van der Waals surface area contributed by atoms with E-state index < -0.39 is 21.3 Å². The first-order valence-electron chi connectivity index (χ1n) is 20.1. The summed E-state index contributed by atoms with van der Waals surface area (Å²) < 4.78 is 15.8. The van der Waals surface area contributed by atoms with Gasteiger partial charge in [-0.1, -0.05) is 0 Å². The Balaban J connectivity index is 0.00000248. The van der Waals surface area contributed by atoms with E-state index in [1.54, 1.807) is 0 Å². The molecule has 0 bridgehead atoms. The van der Waals surface area contributed by atoms with E-state index in [4.69, 9.17) is 8.83 Å². The first-order chi connectivity index (χ1) is 26.4. The van der Waals surface area contributed by atoms with E-state index in [1.165, 1.54) is 119 Å². The van der Waals surface area contributed by atoms with Crippen LogP contribution in [0, 0.1) is 69.2 Å². The van der Waals surface area contributed by atoms with Gasteiger partial charge in [-0.2, -0.15) is 0 Å². The second kappa shape index (κ2) is 15.8. The van der Waals surface area contributed by atoms with Crippen molar-refractivity contribution in [2.75, 3.05) is 0 Å². The number of rotatable bonds is 6. The summed E-state index contributed by atoms with van der Waals surface area (Å²) in [5, 5.41) is 0. The van der Waals surface area contributed by atoms with Crippen molar-refractivity contribution in [2.45, 2.75) is 95.8 Å². The number of allylic oxidation sites excluding steroid dienone is 2. The number of benzene rings is 4. The Morgan fingerprint density at radius 3 is 1.19 bits per heavy atom. The zero-order valence-corrected chi connectivity index (χ0v) is 38.9. The van der Waals surface area contributed by atoms with Crippen molar-refractivity contribution < 1.29 is 54.9 Å². The molecule has 3 aliphatic carbocycles. The fourth-order valence-electron chi connectivity index (χ4n) is 10.0. The summed E-state index contributed by atoms with van der Waals surface area (Å²) in [5.41, 5.74) is 24.7. The van der Waals surface area contributed by atoms with E-state index in [0.29, 0.717) is 7.25 Å². The second-order valence-electron chi connectivity index (χ2n) is 16.9. The molecule has 0 radical (unpaired) electrons. The summed E-state index contributed by atoms with van der Waals surface area (Å²) in [6, 6.07) is 28.1. The third-order valence-electron chi connectivity index (χ3n) is 12.7. The Hall–Kier alpha value is -3.75. The Kier molecular flexibility index (Phi) is 11.5. The standard InChI is InChI=1S/2C24H23O.C4H6.2ClH.Zr/c2*1-14-8-15(2)10-21(9-14)24-18(5)16(3)11-19-12-20(13-22(19)24)23-7-6-17(4)25-23;1-2-4-3-1;;;/h2*6-13H,1-5H3;1-3H2;2*1H;/q;;;;;+2/p-2. The molecule has 1 fully saturated rings. The molecule has 290 valence electrons. The van der Waals surface area contributed by atoms with Crippen molar-refractivity contribution in [2.24, 2.45) is 0 Å². The normalized spacial score (nSPS) is 16.5. The van der Waals surface area contributed by atoms with Crippen molar-refractivity contribution in [1.29, 1.82) is 0 Å². The van der Waals surface area contributed by atoms with Crippen molar-refractivity contribution in [3.63, 3.8) is 0 Å². The summed E-state index contributed by atoms with van der Waals surface area (Å²) in [4.78, 5) is 0. The largest absolute Gasteiger partial charge is 1.00 e. The van der Waals surface area contributed by atoms with Gasteiger partial charge in [0.1, 0.15) is 0 Å². The van der Waals surface area contributed by atoms with Gasteiger partial charge in [0.05, 0.1) is 0 Å². The molecule has 3 aliphatic rings. The average molecular weight is 871 g/mol. The van der Waals surface area contributed by atoms with Gasteiger partial charge >= 0.3 is 337 Å². The molecule has 9 rings (SSSR count). The summed E-state index contributed by atoms with van der Waals surface area (Å²) in [7, 11) is 0. The number of aryl methyl sites for hydroxylation is 8. The predicted octanol–water partition coefficient (Wildman–Crippen LogP) is 8.16. The van der Waals surface area contributed by atoms with Gasteiger partial charge in [-0.15, -0.1) is 0 Å². The fraction of sp³-hybridized carbons (Fsp3) is 0.288. The molecule has 1 saturated carbocycles. The molecular weight excluding hydrogens is 819 g/mol. The summed E-state index contributed by atoms with van der Waals surface area (Å²) in [5.74, 6) is 4.01. The van der Waals surface area contributed by atoms with Crippen LogP contribution in [0.5, 0.6) is 0 Å². The van der Waals surface area contributed by atoms with Crippen LogP contribution in [0.15, 0.2) is 81.6 Å². The Labute approximate surface area is 359 Å². The number of hydrogen-bond donors (Lipinski definition) is 0. The molecule has 5 heteroatoms. The van der Waals surface area contributed by atoms with Gasteiger partial charge in [0.15, 0.2) is 0 Å². The smallest absolute Gasteiger partial charge is 1.00 e. The van der Waals surface area contributed by atoms with Crippen LogP contribution in [0.1, 0.15) is 116 Å². The maximum atomic E-state index is 6.66. The van der Waals surface area contributed by atoms with Crippen molar-refractivity contribution in [3.05, 3.63) is 163 Å². The van der Waals surface area contributed by atoms with Crippen molar-refractivity contribution >= 4 is 26.5 Å². The second-order valence-corrected chi connectivity index (χ2v) is 23.8. The maximum absolute atomic E-state index is 6.66. The van der Waals surface area contributed by atoms with Gasteiger partial charge in [-0.25, -0.2) is 0 Å². The Morgan fingerprint density at radius 2 is 0.877 bits per heavy atom. The van der Waals surface area contributed by atoms with E-state index in [2.05, 4.69) is 154 Å². The van der Waals surface area contributed by atoms with Gasteiger partial charge < -0.3 is 24.8 Å². The third kappa shape index (κ3) is 7.11. The summed E-state index contributed by atoms with van der Waals surface area (Å²) in [6.07, 6.45) is 8.87. The topological polar surface area (TPSA) is 26.3 Å². The Morgan fingerprint density at radius 1 is 0.491 bits per heavy atom. The van der Waals surface area contributed by atoms with Crippen LogP contribution in [0.25, 0.3) is 45.6 Å².